The molecule has 3 rings (SSSR count). The van der Waals surface area contributed by atoms with Crippen LogP contribution in [0.3, 0.4) is 0 Å². The lowest BCUT2D eigenvalue weighted by Gasteiger charge is -2.04. The van der Waals surface area contributed by atoms with Gasteiger partial charge in [-0.05, 0) is 66.6 Å². The van der Waals surface area contributed by atoms with E-state index in [1.54, 1.807) is 37.5 Å². The molecule has 0 atom stereocenters. The minimum atomic E-state index is -0.388. The minimum absolute atomic E-state index is 0.342. The van der Waals surface area contributed by atoms with Crippen molar-refractivity contribution < 1.29 is 14.3 Å². The molecular weight excluding hydrogens is 382 g/mol. The Morgan fingerprint density at radius 2 is 1.57 bits per heavy atom. The molecule has 0 spiro atoms. The molecule has 2 aromatic carbocycles. The maximum atomic E-state index is 12.7. The topological polar surface area (TPSA) is 90.1 Å². The molecule has 1 heterocycles. The number of hydrazone groups is 1. The van der Waals surface area contributed by atoms with Gasteiger partial charge in [-0.25, -0.2) is 5.43 Å². The third-order valence-corrected chi connectivity index (χ3v) is 4.30. The minimum Gasteiger partial charge on any atom is -0.497 e. The number of aliphatic imine (C=N–C) groups is 1. The van der Waals surface area contributed by atoms with Crippen LogP contribution in [0.15, 0.2) is 64.8 Å². The summed E-state index contributed by atoms with van der Waals surface area (Å²) in [5, 5.41) is 8.27. The van der Waals surface area contributed by atoms with Crippen molar-refractivity contribution in [3.8, 4) is 11.5 Å². The zero-order chi connectivity index (χ0) is 21.3. The van der Waals surface area contributed by atoms with Crippen molar-refractivity contribution >= 4 is 24.0 Å². The standard InChI is InChI=1S/C22H23N5O3/c1-4-27-21(22(28)26-24-14-17-7-11-19(30-3)12-8-17)20(15-25-27)23-13-16-5-9-18(29-2)10-6-16/h5-15H,4H2,1-3H3,(H,26,28). The normalized spacial score (nSPS) is 11.2. The van der Waals surface area contributed by atoms with Gasteiger partial charge in [-0.2, -0.15) is 10.2 Å². The van der Waals surface area contributed by atoms with Gasteiger partial charge in [0.15, 0.2) is 5.69 Å². The predicted molar refractivity (Wildman–Crippen MR) is 116 cm³/mol. The van der Waals surface area contributed by atoms with Crippen LogP contribution in [0.2, 0.25) is 0 Å². The van der Waals surface area contributed by atoms with Gasteiger partial charge in [-0.1, -0.05) is 0 Å². The molecule has 30 heavy (non-hydrogen) atoms. The number of hydrogen-bond acceptors (Lipinski definition) is 6. The first-order valence-electron chi connectivity index (χ1n) is 9.36. The number of carbonyl (C=O) groups excluding carboxylic acids is 1. The number of amides is 1. The molecule has 8 heteroatoms. The van der Waals surface area contributed by atoms with E-state index in [4.69, 9.17) is 9.47 Å². The maximum absolute atomic E-state index is 12.7. The summed E-state index contributed by atoms with van der Waals surface area (Å²) in [6.45, 7) is 2.43. The van der Waals surface area contributed by atoms with E-state index in [1.165, 1.54) is 0 Å². The number of methoxy groups -OCH3 is 2. The third-order valence-electron chi connectivity index (χ3n) is 4.30. The monoisotopic (exact) mass is 405 g/mol. The molecule has 1 N–H and O–H groups in total. The number of hydrogen-bond donors (Lipinski definition) is 1. The second-order valence-corrected chi connectivity index (χ2v) is 6.20. The number of ether oxygens (including phenoxy) is 2. The van der Waals surface area contributed by atoms with Crippen molar-refractivity contribution in [1.82, 2.24) is 15.2 Å². The predicted octanol–water partition coefficient (Wildman–Crippen LogP) is 3.43. The summed E-state index contributed by atoms with van der Waals surface area (Å²) in [4.78, 5) is 17.1. The van der Waals surface area contributed by atoms with Crippen LogP contribution in [0.25, 0.3) is 0 Å². The van der Waals surface area contributed by atoms with E-state index in [0.29, 0.717) is 17.9 Å². The zero-order valence-corrected chi connectivity index (χ0v) is 17.1. The number of nitrogens with zero attached hydrogens (tertiary/aromatic N) is 4. The molecule has 154 valence electrons. The SMILES string of the molecule is CCn1ncc(N=Cc2ccc(OC)cc2)c1C(=O)NN=Cc1ccc(OC)cc1. The number of aryl methyl sites for hydroxylation is 1. The summed E-state index contributed by atoms with van der Waals surface area (Å²) in [5.41, 5.74) is 5.05. The average molecular weight is 405 g/mol. The van der Waals surface area contributed by atoms with Crippen LogP contribution in [0.4, 0.5) is 5.69 Å². The van der Waals surface area contributed by atoms with Gasteiger partial charge in [0, 0.05) is 12.8 Å². The Balaban J connectivity index is 1.73. The molecule has 0 radical (unpaired) electrons. The Labute approximate surface area is 174 Å². The largest absolute Gasteiger partial charge is 0.497 e. The first-order chi connectivity index (χ1) is 14.6. The Bertz CT molecular complexity index is 1040. The number of rotatable bonds is 8. The summed E-state index contributed by atoms with van der Waals surface area (Å²) in [6, 6.07) is 14.8. The fourth-order valence-electron chi connectivity index (χ4n) is 2.69. The van der Waals surface area contributed by atoms with Crippen LogP contribution in [-0.2, 0) is 6.54 Å². The van der Waals surface area contributed by atoms with Crippen molar-refractivity contribution in [2.24, 2.45) is 10.1 Å². The van der Waals surface area contributed by atoms with Gasteiger partial charge in [-0.15, -0.1) is 0 Å². The second-order valence-electron chi connectivity index (χ2n) is 6.20. The van der Waals surface area contributed by atoms with E-state index in [0.717, 1.165) is 22.6 Å². The molecule has 8 nitrogen and oxygen atoms in total. The van der Waals surface area contributed by atoms with Crippen molar-refractivity contribution in [2.75, 3.05) is 14.2 Å². The lowest BCUT2D eigenvalue weighted by Crippen LogP contribution is -2.22. The first-order valence-corrected chi connectivity index (χ1v) is 9.36. The van der Waals surface area contributed by atoms with Crippen LogP contribution in [0.5, 0.6) is 11.5 Å². The Morgan fingerprint density at radius 3 is 2.10 bits per heavy atom. The maximum Gasteiger partial charge on any atom is 0.291 e. The van der Waals surface area contributed by atoms with Gasteiger partial charge in [0.25, 0.3) is 5.91 Å². The average Bonchev–Trinajstić information content (AvgIpc) is 3.21. The lowest BCUT2D eigenvalue weighted by molar-refractivity contribution is 0.0945. The van der Waals surface area contributed by atoms with Gasteiger partial charge in [0.1, 0.15) is 17.2 Å². The summed E-state index contributed by atoms with van der Waals surface area (Å²) >= 11 is 0. The van der Waals surface area contributed by atoms with Gasteiger partial charge in [0.05, 0.1) is 26.6 Å². The molecule has 0 unspecified atom stereocenters. The highest BCUT2D eigenvalue weighted by atomic mass is 16.5. The van der Waals surface area contributed by atoms with Crippen LogP contribution in [-0.4, -0.2) is 42.3 Å². The number of benzene rings is 2. The van der Waals surface area contributed by atoms with E-state index >= 15 is 0 Å². The molecule has 1 aromatic heterocycles. The number of aromatic nitrogens is 2. The molecule has 0 aliphatic heterocycles. The molecule has 0 saturated carbocycles. The van der Waals surface area contributed by atoms with E-state index in [9.17, 15) is 4.79 Å². The Hall–Kier alpha value is -3.94. The van der Waals surface area contributed by atoms with Gasteiger partial charge >= 0.3 is 0 Å². The van der Waals surface area contributed by atoms with Gasteiger partial charge in [-0.3, -0.25) is 14.5 Å². The highest BCUT2D eigenvalue weighted by Gasteiger charge is 2.17. The van der Waals surface area contributed by atoms with Crippen LogP contribution in [0.1, 0.15) is 28.5 Å². The molecule has 0 saturated heterocycles. The van der Waals surface area contributed by atoms with Crippen LogP contribution >= 0.6 is 0 Å². The highest BCUT2D eigenvalue weighted by molar-refractivity contribution is 5.98. The summed E-state index contributed by atoms with van der Waals surface area (Å²) in [6.07, 6.45) is 4.80. The summed E-state index contributed by atoms with van der Waals surface area (Å²) < 4.78 is 11.9. The van der Waals surface area contributed by atoms with E-state index in [2.05, 4.69) is 20.6 Å². The van der Waals surface area contributed by atoms with E-state index < -0.39 is 0 Å². The van der Waals surface area contributed by atoms with Crippen LogP contribution in [0, 0.1) is 0 Å². The van der Waals surface area contributed by atoms with E-state index in [-0.39, 0.29) is 5.91 Å². The Kier molecular flexibility index (Phi) is 6.94. The molecule has 1 amide bonds. The van der Waals surface area contributed by atoms with Crippen molar-refractivity contribution in [3.05, 3.63) is 71.5 Å². The van der Waals surface area contributed by atoms with Crippen LogP contribution < -0.4 is 14.9 Å². The molecule has 0 bridgehead atoms. The quantitative estimate of drug-likeness (QED) is 0.459. The van der Waals surface area contributed by atoms with Gasteiger partial charge in [0.2, 0.25) is 0 Å². The smallest absolute Gasteiger partial charge is 0.291 e. The van der Waals surface area contributed by atoms with E-state index in [1.807, 2.05) is 55.5 Å². The van der Waals surface area contributed by atoms with Crippen molar-refractivity contribution in [1.29, 1.82) is 0 Å². The molecular formula is C22H23N5O3. The molecule has 0 aliphatic carbocycles. The second kappa shape index (κ2) is 10.0. The first kappa shape index (κ1) is 20.8. The fraction of sp³-hybridized carbons (Fsp3) is 0.182. The lowest BCUT2D eigenvalue weighted by atomic mass is 10.2. The molecule has 0 aliphatic rings. The van der Waals surface area contributed by atoms with Gasteiger partial charge < -0.3 is 9.47 Å². The van der Waals surface area contributed by atoms with Crippen molar-refractivity contribution in [2.45, 2.75) is 13.5 Å². The third kappa shape index (κ3) is 5.11. The fourth-order valence-corrected chi connectivity index (χ4v) is 2.69. The number of nitrogens with one attached hydrogen (secondary N) is 1. The highest BCUT2D eigenvalue weighted by Crippen LogP contribution is 2.19. The summed E-state index contributed by atoms with van der Waals surface area (Å²) in [5.74, 6) is 1.13. The molecule has 0 fully saturated rings. The Morgan fingerprint density at radius 1 is 1.00 bits per heavy atom. The molecule has 3 aromatic rings. The zero-order valence-electron chi connectivity index (χ0n) is 17.1. The number of carbonyl (C=O) groups is 1. The van der Waals surface area contributed by atoms with Crippen molar-refractivity contribution in [3.63, 3.8) is 0 Å². The summed E-state index contributed by atoms with van der Waals surface area (Å²) in [7, 11) is 3.22.